The minimum absolute atomic E-state index is 0.194. The third-order valence-electron chi connectivity index (χ3n) is 5.33. The molecule has 3 rings (SSSR count). The van der Waals surface area contributed by atoms with E-state index in [1.807, 2.05) is 52.0 Å². The Bertz CT molecular complexity index is 765. The zero-order chi connectivity index (χ0) is 22.0. The highest BCUT2D eigenvalue weighted by molar-refractivity contribution is 6.04. The number of carbonyl (C=O) groups excluding carboxylic acids is 4. The monoisotopic (exact) mass is 414 g/mol. The molecule has 1 aromatic carbocycles. The second-order valence-corrected chi connectivity index (χ2v) is 8.93. The van der Waals surface area contributed by atoms with Crippen LogP contribution in [0.5, 0.6) is 0 Å². The Labute approximate surface area is 177 Å². The number of rotatable bonds is 8. The minimum atomic E-state index is -0.463. The highest BCUT2D eigenvalue weighted by atomic mass is 16.2. The zero-order valence-corrected chi connectivity index (χ0v) is 18.0. The van der Waals surface area contributed by atoms with E-state index >= 15 is 0 Å². The summed E-state index contributed by atoms with van der Waals surface area (Å²) in [5, 5.41) is 5.48. The summed E-state index contributed by atoms with van der Waals surface area (Å²) < 4.78 is 0. The Morgan fingerprint density at radius 1 is 0.700 bits per heavy atom. The molecule has 30 heavy (non-hydrogen) atoms. The van der Waals surface area contributed by atoms with Crippen molar-refractivity contribution in [3.63, 3.8) is 0 Å². The number of carbonyl (C=O) groups is 4. The zero-order valence-electron chi connectivity index (χ0n) is 18.0. The van der Waals surface area contributed by atoms with E-state index in [2.05, 4.69) is 10.6 Å². The Kier molecular flexibility index (Phi) is 6.43. The van der Waals surface area contributed by atoms with Crippen LogP contribution in [0, 0.1) is 11.8 Å². The van der Waals surface area contributed by atoms with Crippen molar-refractivity contribution in [1.82, 2.24) is 20.4 Å². The molecule has 8 nitrogen and oxygen atoms in total. The Hall–Kier alpha value is -2.90. The molecule has 2 N–H and O–H groups in total. The molecule has 2 aliphatic rings. The van der Waals surface area contributed by atoms with E-state index in [-0.39, 0.29) is 37.0 Å². The quantitative estimate of drug-likeness (QED) is 0.639. The lowest BCUT2D eigenvalue weighted by Gasteiger charge is -2.16. The lowest BCUT2D eigenvalue weighted by molar-refractivity contribution is -0.129. The summed E-state index contributed by atoms with van der Waals surface area (Å²) in [5.74, 6) is 0.217. The van der Waals surface area contributed by atoms with Crippen LogP contribution in [0.25, 0.3) is 0 Å². The fraction of sp³-hybridized carbons (Fsp3) is 0.545. The number of urea groups is 2. The van der Waals surface area contributed by atoms with Crippen molar-refractivity contribution in [1.29, 1.82) is 0 Å². The number of benzene rings is 1. The van der Waals surface area contributed by atoms with Crippen LogP contribution in [-0.2, 0) is 22.7 Å². The average Bonchev–Trinajstić information content (AvgIpc) is 3.06. The molecule has 0 radical (unpaired) electrons. The van der Waals surface area contributed by atoms with Crippen molar-refractivity contribution in [2.45, 2.75) is 65.7 Å². The largest absolute Gasteiger partial charge is 0.326 e. The fourth-order valence-electron chi connectivity index (χ4n) is 3.83. The Morgan fingerprint density at radius 3 is 1.33 bits per heavy atom. The summed E-state index contributed by atoms with van der Waals surface area (Å²) in [6.07, 6.45) is 1.23. The van der Waals surface area contributed by atoms with E-state index in [0.717, 1.165) is 11.1 Å². The molecule has 2 heterocycles. The van der Waals surface area contributed by atoms with Gasteiger partial charge in [0.05, 0.1) is 13.1 Å². The average molecular weight is 415 g/mol. The van der Waals surface area contributed by atoms with Gasteiger partial charge in [-0.3, -0.25) is 19.4 Å². The van der Waals surface area contributed by atoms with Crippen molar-refractivity contribution < 1.29 is 19.2 Å². The molecule has 0 spiro atoms. The Balaban J connectivity index is 1.60. The van der Waals surface area contributed by atoms with Gasteiger partial charge in [0, 0.05) is 0 Å². The first-order valence-electron chi connectivity index (χ1n) is 10.5. The van der Waals surface area contributed by atoms with Gasteiger partial charge in [-0.1, -0.05) is 52.0 Å². The fourth-order valence-corrected chi connectivity index (χ4v) is 3.83. The summed E-state index contributed by atoms with van der Waals surface area (Å²) in [6.45, 7) is 8.43. The molecule has 2 saturated heterocycles. The first kappa shape index (κ1) is 21.8. The number of hydrogen-bond donors (Lipinski definition) is 2. The number of hydrogen-bond acceptors (Lipinski definition) is 4. The molecule has 8 heteroatoms. The Morgan fingerprint density at radius 2 is 1.03 bits per heavy atom. The van der Waals surface area contributed by atoms with E-state index in [4.69, 9.17) is 0 Å². The van der Waals surface area contributed by atoms with Crippen LogP contribution >= 0.6 is 0 Å². The highest BCUT2D eigenvalue weighted by Crippen LogP contribution is 2.19. The summed E-state index contributed by atoms with van der Waals surface area (Å²) in [6, 6.07) is 5.60. The van der Waals surface area contributed by atoms with Gasteiger partial charge in [0.25, 0.3) is 11.8 Å². The predicted octanol–water partition coefficient (Wildman–Crippen LogP) is 2.62. The van der Waals surface area contributed by atoms with Crippen molar-refractivity contribution in [3.05, 3.63) is 35.4 Å². The van der Waals surface area contributed by atoms with Gasteiger partial charge in [-0.25, -0.2) is 9.59 Å². The van der Waals surface area contributed by atoms with Gasteiger partial charge >= 0.3 is 12.1 Å². The summed E-state index contributed by atoms with van der Waals surface area (Å²) in [4.78, 5) is 51.8. The molecule has 2 atom stereocenters. The van der Waals surface area contributed by atoms with Crippen LogP contribution in [0.1, 0.15) is 51.7 Å². The molecule has 162 valence electrons. The third-order valence-corrected chi connectivity index (χ3v) is 5.33. The first-order chi connectivity index (χ1) is 14.2. The summed E-state index contributed by atoms with van der Waals surface area (Å²) in [7, 11) is 0. The standard InChI is InChI=1S/C22H30N4O4/c1-13(2)9-17-19(27)25(21(29)23-17)11-15-5-7-16(8-6-15)12-26-20(28)18(10-14(3)4)24-22(26)30/h5-8,13-14,17-18H,9-12H2,1-4H3,(H,23,29)(H,24,30)/t17-,18-/m1/s1. The molecule has 2 aliphatic heterocycles. The summed E-state index contributed by atoms with van der Waals surface area (Å²) >= 11 is 0. The van der Waals surface area contributed by atoms with Crippen LogP contribution in [0.15, 0.2) is 24.3 Å². The lowest BCUT2D eigenvalue weighted by Crippen LogP contribution is -2.32. The van der Waals surface area contributed by atoms with Gasteiger partial charge in [0.1, 0.15) is 12.1 Å². The second kappa shape index (κ2) is 8.85. The molecule has 0 bridgehead atoms. The lowest BCUT2D eigenvalue weighted by atomic mass is 10.0. The highest BCUT2D eigenvalue weighted by Gasteiger charge is 2.39. The summed E-state index contributed by atoms with van der Waals surface area (Å²) in [5.41, 5.74) is 1.62. The van der Waals surface area contributed by atoms with Crippen molar-refractivity contribution in [2.75, 3.05) is 0 Å². The van der Waals surface area contributed by atoms with Crippen LogP contribution in [0.2, 0.25) is 0 Å². The maximum absolute atomic E-state index is 12.5. The molecule has 0 saturated carbocycles. The van der Waals surface area contributed by atoms with Crippen LogP contribution in [-0.4, -0.2) is 45.8 Å². The molecule has 0 unspecified atom stereocenters. The number of imide groups is 2. The van der Waals surface area contributed by atoms with Gasteiger partial charge in [-0.15, -0.1) is 0 Å². The maximum Gasteiger partial charge on any atom is 0.325 e. The van der Waals surface area contributed by atoms with E-state index < -0.39 is 12.1 Å². The van der Waals surface area contributed by atoms with Gasteiger partial charge < -0.3 is 10.6 Å². The third kappa shape index (κ3) is 4.80. The van der Waals surface area contributed by atoms with Gasteiger partial charge in [-0.2, -0.15) is 0 Å². The molecular formula is C22H30N4O4. The van der Waals surface area contributed by atoms with E-state index in [9.17, 15) is 19.2 Å². The molecule has 1 aromatic rings. The SMILES string of the molecule is CC(C)C[C@H]1NC(=O)N(Cc2ccc(CN3C(=O)N[C@H](CC(C)C)C3=O)cc2)C1=O. The second-order valence-electron chi connectivity index (χ2n) is 8.93. The molecular weight excluding hydrogens is 384 g/mol. The van der Waals surface area contributed by atoms with E-state index in [0.29, 0.717) is 24.7 Å². The molecule has 6 amide bonds. The number of nitrogens with one attached hydrogen (secondary N) is 2. The molecule has 0 aliphatic carbocycles. The van der Waals surface area contributed by atoms with Crippen LogP contribution in [0.4, 0.5) is 9.59 Å². The number of nitrogens with zero attached hydrogens (tertiary/aromatic N) is 2. The maximum atomic E-state index is 12.5. The normalized spacial score (nSPS) is 21.8. The van der Waals surface area contributed by atoms with E-state index in [1.54, 1.807) is 0 Å². The van der Waals surface area contributed by atoms with Crippen molar-refractivity contribution >= 4 is 23.9 Å². The molecule has 0 aromatic heterocycles. The minimum Gasteiger partial charge on any atom is -0.326 e. The molecule has 2 fully saturated rings. The van der Waals surface area contributed by atoms with Gasteiger partial charge in [0.2, 0.25) is 0 Å². The topological polar surface area (TPSA) is 98.8 Å². The predicted molar refractivity (Wildman–Crippen MR) is 111 cm³/mol. The van der Waals surface area contributed by atoms with Crippen molar-refractivity contribution in [2.24, 2.45) is 11.8 Å². The smallest absolute Gasteiger partial charge is 0.325 e. The van der Waals surface area contributed by atoms with Crippen LogP contribution in [0.3, 0.4) is 0 Å². The van der Waals surface area contributed by atoms with Crippen molar-refractivity contribution in [3.8, 4) is 0 Å². The van der Waals surface area contributed by atoms with Gasteiger partial charge in [0.15, 0.2) is 0 Å². The van der Waals surface area contributed by atoms with Gasteiger partial charge in [-0.05, 0) is 35.8 Å². The van der Waals surface area contributed by atoms with Crippen LogP contribution < -0.4 is 10.6 Å². The first-order valence-corrected chi connectivity index (χ1v) is 10.5. The van der Waals surface area contributed by atoms with E-state index in [1.165, 1.54) is 9.80 Å². The number of amides is 6.